The van der Waals surface area contributed by atoms with Crippen LogP contribution in [-0.2, 0) is 4.43 Å². The van der Waals surface area contributed by atoms with Gasteiger partial charge in [-0.1, -0.05) is 32.4 Å². The van der Waals surface area contributed by atoms with Crippen LogP contribution in [0.25, 0.3) is 17.0 Å². The van der Waals surface area contributed by atoms with Crippen molar-refractivity contribution in [1.29, 1.82) is 0 Å². The fraction of sp³-hybridized carbons (Fsp3) is 0.450. The van der Waals surface area contributed by atoms with Gasteiger partial charge in [0.05, 0.1) is 18.0 Å². The Morgan fingerprint density at radius 3 is 2.61 bits per heavy atom. The van der Waals surface area contributed by atoms with E-state index in [1.165, 1.54) is 0 Å². The molecule has 0 radical (unpaired) electrons. The van der Waals surface area contributed by atoms with Crippen molar-refractivity contribution in [2.45, 2.75) is 45.0 Å². The minimum atomic E-state index is -1.73. The number of anilines is 1. The van der Waals surface area contributed by atoms with E-state index < -0.39 is 8.32 Å². The van der Waals surface area contributed by atoms with Gasteiger partial charge in [0, 0.05) is 25.0 Å². The fourth-order valence-electron chi connectivity index (χ4n) is 3.10. The standard InChI is InChI=1S/C20H26ClN5OSi/c1-20(2,3)28(4,5)27-15-12-25(13-15)14-8-9-22-16(10-14)17-11-23-19-7-6-18(21)24-26(17)19/h6-11,15H,12-13H2,1-5H3. The molecule has 0 spiro atoms. The van der Waals surface area contributed by atoms with E-state index in [1.54, 1.807) is 16.8 Å². The number of hydrogen-bond donors (Lipinski definition) is 0. The average molecular weight is 416 g/mol. The van der Waals surface area contributed by atoms with Crippen LogP contribution in [0.3, 0.4) is 0 Å². The lowest BCUT2D eigenvalue weighted by atomic mass is 10.1. The molecule has 0 amide bonds. The second kappa shape index (κ2) is 6.83. The molecule has 0 bridgehead atoms. The van der Waals surface area contributed by atoms with Gasteiger partial charge in [-0.25, -0.2) is 9.50 Å². The molecule has 0 aromatic carbocycles. The molecule has 0 unspecified atom stereocenters. The van der Waals surface area contributed by atoms with Crippen LogP contribution in [0.1, 0.15) is 20.8 Å². The predicted octanol–water partition coefficient (Wildman–Crippen LogP) is 4.66. The Kier molecular flexibility index (Phi) is 4.72. The van der Waals surface area contributed by atoms with Crippen molar-refractivity contribution in [3.05, 3.63) is 41.8 Å². The van der Waals surface area contributed by atoms with Crippen LogP contribution in [-0.4, -0.2) is 47.1 Å². The first-order valence-corrected chi connectivity index (χ1v) is 12.8. The van der Waals surface area contributed by atoms with Gasteiger partial charge in [-0.3, -0.25) is 4.98 Å². The molecule has 148 valence electrons. The summed E-state index contributed by atoms with van der Waals surface area (Å²) in [6.45, 7) is 13.3. The monoisotopic (exact) mass is 415 g/mol. The molecule has 3 aromatic rings. The lowest BCUT2D eigenvalue weighted by Crippen LogP contribution is -2.57. The van der Waals surface area contributed by atoms with Crippen molar-refractivity contribution in [2.75, 3.05) is 18.0 Å². The Bertz CT molecular complexity index is 1010. The highest BCUT2D eigenvalue weighted by Gasteiger charge is 2.42. The van der Waals surface area contributed by atoms with Crippen LogP contribution < -0.4 is 4.90 Å². The summed E-state index contributed by atoms with van der Waals surface area (Å²) >= 11 is 6.05. The van der Waals surface area contributed by atoms with Crippen molar-refractivity contribution >= 4 is 31.3 Å². The average Bonchev–Trinajstić information content (AvgIpc) is 3.00. The third-order valence-corrected chi connectivity index (χ3v) is 10.6. The minimum Gasteiger partial charge on any atom is -0.410 e. The van der Waals surface area contributed by atoms with Gasteiger partial charge in [0.1, 0.15) is 10.8 Å². The minimum absolute atomic E-state index is 0.231. The van der Waals surface area contributed by atoms with Gasteiger partial charge >= 0.3 is 0 Å². The Labute approximate surface area is 171 Å². The molecule has 1 fully saturated rings. The maximum Gasteiger partial charge on any atom is 0.192 e. The summed E-state index contributed by atoms with van der Waals surface area (Å²) in [6, 6.07) is 7.70. The highest BCUT2D eigenvalue weighted by Crippen LogP contribution is 2.39. The quantitative estimate of drug-likeness (QED) is 0.580. The molecular weight excluding hydrogens is 390 g/mol. The number of nitrogens with zero attached hydrogens (tertiary/aromatic N) is 5. The number of halogens is 1. The number of fused-ring (bicyclic) bond motifs is 1. The van der Waals surface area contributed by atoms with Gasteiger partial charge in [0.15, 0.2) is 14.0 Å². The van der Waals surface area contributed by atoms with Gasteiger partial charge in [0.2, 0.25) is 0 Å². The Hall–Kier alpha value is -1.96. The predicted molar refractivity (Wildman–Crippen MR) is 116 cm³/mol. The second-order valence-corrected chi connectivity index (χ2v) is 14.0. The molecule has 4 rings (SSSR count). The highest BCUT2D eigenvalue weighted by molar-refractivity contribution is 6.74. The summed E-state index contributed by atoms with van der Waals surface area (Å²) in [4.78, 5) is 11.2. The summed E-state index contributed by atoms with van der Waals surface area (Å²) in [5, 5.41) is 5.00. The van der Waals surface area contributed by atoms with Crippen molar-refractivity contribution in [3.8, 4) is 11.4 Å². The second-order valence-electron chi connectivity index (χ2n) is 8.87. The molecular formula is C20H26ClN5OSi. The first-order valence-electron chi connectivity index (χ1n) is 9.53. The van der Waals surface area contributed by atoms with E-state index >= 15 is 0 Å². The summed E-state index contributed by atoms with van der Waals surface area (Å²) in [6.07, 6.45) is 3.91. The van der Waals surface area contributed by atoms with Crippen LogP contribution in [0.15, 0.2) is 36.7 Å². The van der Waals surface area contributed by atoms with E-state index in [1.807, 2.05) is 18.3 Å². The molecule has 0 N–H and O–H groups in total. The first-order chi connectivity index (χ1) is 13.1. The van der Waals surface area contributed by atoms with E-state index in [-0.39, 0.29) is 5.04 Å². The smallest absolute Gasteiger partial charge is 0.192 e. The van der Waals surface area contributed by atoms with E-state index in [2.05, 4.69) is 59.9 Å². The SMILES string of the molecule is CC(C)(C)[Si](C)(C)OC1CN(c2ccnc(-c3cnc4ccc(Cl)nn34)c2)C1. The Morgan fingerprint density at radius 1 is 1.14 bits per heavy atom. The lowest BCUT2D eigenvalue weighted by Gasteiger charge is -2.47. The zero-order chi connectivity index (χ0) is 20.1. The molecule has 3 aromatic heterocycles. The van der Waals surface area contributed by atoms with Gasteiger partial charge in [-0.05, 0) is 42.4 Å². The number of hydrogen-bond acceptors (Lipinski definition) is 5. The van der Waals surface area contributed by atoms with Crippen molar-refractivity contribution < 1.29 is 4.43 Å². The Morgan fingerprint density at radius 2 is 1.89 bits per heavy atom. The maximum absolute atomic E-state index is 6.51. The highest BCUT2D eigenvalue weighted by atomic mass is 35.5. The number of imidazole rings is 1. The molecule has 8 heteroatoms. The third-order valence-electron chi connectivity index (χ3n) is 5.82. The molecule has 0 atom stereocenters. The normalized spacial score (nSPS) is 15.9. The molecule has 6 nitrogen and oxygen atoms in total. The zero-order valence-electron chi connectivity index (χ0n) is 17.0. The van der Waals surface area contributed by atoms with Crippen LogP contribution >= 0.6 is 11.6 Å². The molecule has 0 aliphatic carbocycles. The van der Waals surface area contributed by atoms with Crippen LogP contribution in [0.2, 0.25) is 23.3 Å². The first kappa shape index (κ1) is 19.4. The fourth-order valence-corrected chi connectivity index (χ4v) is 4.57. The Balaban J connectivity index is 1.51. The van der Waals surface area contributed by atoms with Crippen molar-refractivity contribution in [3.63, 3.8) is 0 Å². The molecule has 4 heterocycles. The van der Waals surface area contributed by atoms with Gasteiger partial charge in [-0.15, -0.1) is 0 Å². The van der Waals surface area contributed by atoms with Gasteiger partial charge in [0.25, 0.3) is 0 Å². The summed E-state index contributed by atoms with van der Waals surface area (Å²) < 4.78 is 8.24. The van der Waals surface area contributed by atoms with Crippen LogP contribution in [0, 0.1) is 0 Å². The number of pyridine rings is 1. The van der Waals surface area contributed by atoms with Gasteiger partial charge in [-0.2, -0.15) is 5.10 Å². The van der Waals surface area contributed by atoms with E-state index in [4.69, 9.17) is 16.0 Å². The van der Waals surface area contributed by atoms with E-state index in [0.717, 1.165) is 35.8 Å². The molecule has 0 saturated carbocycles. The lowest BCUT2D eigenvalue weighted by molar-refractivity contribution is 0.149. The van der Waals surface area contributed by atoms with Crippen LogP contribution in [0.4, 0.5) is 5.69 Å². The maximum atomic E-state index is 6.51. The van der Waals surface area contributed by atoms with E-state index in [0.29, 0.717) is 11.3 Å². The largest absolute Gasteiger partial charge is 0.410 e. The summed E-state index contributed by atoms with van der Waals surface area (Å²) in [5.74, 6) is 0. The van der Waals surface area contributed by atoms with Crippen molar-refractivity contribution in [2.24, 2.45) is 0 Å². The molecule has 28 heavy (non-hydrogen) atoms. The molecule has 1 saturated heterocycles. The van der Waals surface area contributed by atoms with Crippen molar-refractivity contribution in [1.82, 2.24) is 19.6 Å². The van der Waals surface area contributed by atoms with Crippen LogP contribution in [0.5, 0.6) is 0 Å². The third kappa shape index (κ3) is 3.54. The zero-order valence-corrected chi connectivity index (χ0v) is 18.7. The number of aromatic nitrogens is 4. The van der Waals surface area contributed by atoms with E-state index in [9.17, 15) is 0 Å². The summed E-state index contributed by atoms with van der Waals surface area (Å²) in [7, 11) is -1.73. The topological polar surface area (TPSA) is 55.5 Å². The summed E-state index contributed by atoms with van der Waals surface area (Å²) in [5.41, 5.74) is 3.54. The molecule has 1 aliphatic rings. The molecule has 1 aliphatic heterocycles. The van der Waals surface area contributed by atoms with Gasteiger partial charge < -0.3 is 9.33 Å². The number of rotatable bonds is 4.